The van der Waals surface area contributed by atoms with Crippen molar-refractivity contribution in [2.75, 3.05) is 0 Å². The number of nitrogens with zero attached hydrogens (tertiary/aromatic N) is 1. The minimum atomic E-state index is 0.586. The Kier molecular flexibility index (Phi) is 1.90. The molecule has 1 rings (SSSR count). The van der Waals surface area contributed by atoms with Gasteiger partial charge in [-0.25, -0.2) is 0 Å². The minimum Gasteiger partial charge on any atom is -0.331 e. The molecule has 0 atom stereocenters. The Hall–Kier alpha value is -1.05. The lowest BCUT2D eigenvalue weighted by Crippen LogP contribution is -2.19. The summed E-state index contributed by atoms with van der Waals surface area (Å²) >= 11 is 0. The Labute approximate surface area is 60.6 Å². The van der Waals surface area contributed by atoms with E-state index in [1.165, 1.54) is 0 Å². The van der Waals surface area contributed by atoms with Gasteiger partial charge in [-0.2, -0.15) is 0 Å². The summed E-state index contributed by atoms with van der Waals surface area (Å²) in [5.41, 5.74) is 1.73. The maximum atomic E-state index is 7.47. The van der Waals surface area contributed by atoms with Crippen LogP contribution >= 0.6 is 0 Å². The number of nitrogens with one attached hydrogen (secondary N) is 1. The summed E-state index contributed by atoms with van der Waals surface area (Å²) in [6.07, 6.45) is 0. The highest BCUT2D eigenvalue weighted by Gasteiger charge is 1.90. The smallest absolute Gasteiger partial charge is 0.124 e. The van der Waals surface area contributed by atoms with E-state index in [4.69, 9.17) is 5.41 Å². The highest BCUT2D eigenvalue weighted by atomic mass is 15.0. The van der Waals surface area contributed by atoms with Crippen LogP contribution in [0.15, 0.2) is 18.2 Å². The van der Waals surface area contributed by atoms with E-state index in [9.17, 15) is 0 Å². The molecule has 2 heteroatoms. The van der Waals surface area contributed by atoms with Gasteiger partial charge in [-0.1, -0.05) is 6.07 Å². The molecule has 0 bridgehead atoms. The van der Waals surface area contributed by atoms with Gasteiger partial charge in [0.25, 0.3) is 0 Å². The van der Waals surface area contributed by atoms with Crippen molar-refractivity contribution in [3.63, 3.8) is 0 Å². The van der Waals surface area contributed by atoms with E-state index in [1.54, 1.807) is 6.07 Å². The van der Waals surface area contributed by atoms with Gasteiger partial charge in [0.1, 0.15) is 5.49 Å². The van der Waals surface area contributed by atoms with Gasteiger partial charge in [0.15, 0.2) is 0 Å². The van der Waals surface area contributed by atoms with Gasteiger partial charge >= 0.3 is 0 Å². The van der Waals surface area contributed by atoms with Gasteiger partial charge < -0.3 is 4.57 Å². The van der Waals surface area contributed by atoms with Gasteiger partial charge in [0.2, 0.25) is 0 Å². The second-order valence-corrected chi connectivity index (χ2v) is 2.30. The predicted octanol–water partition coefficient (Wildman–Crippen LogP) is 1.30. The molecule has 0 aliphatic heterocycles. The second kappa shape index (κ2) is 2.69. The van der Waals surface area contributed by atoms with Crippen molar-refractivity contribution >= 4 is 0 Å². The summed E-state index contributed by atoms with van der Waals surface area (Å²) in [4.78, 5) is 0. The van der Waals surface area contributed by atoms with Crippen LogP contribution < -0.4 is 5.49 Å². The molecule has 0 spiro atoms. The lowest BCUT2D eigenvalue weighted by Gasteiger charge is -2.05. The zero-order valence-corrected chi connectivity index (χ0v) is 6.39. The van der Waals surface area contributed by atoms with Crippen LogP contribution in [0.1, 0.15) is 12.6 Å². The number of hydrogen-bond acceptors (Lipinski definition) is 1. The van der Waals surface area contributed by atoms with E-state index < -0.39 is 0 Å². The van der Waals surface area contributed by atoms with Crippen LogP contribution in [0.25, 0.3) is 0 Å². The Morgan fingerprint density at radius 3 is 2.60 bits per heavy atom. The molecule has 0 saturated heterocycles. The molecule has 0 fully saturated rings. The molecule has 0 aromatic carbocycles. The largest absolute Gasteiger partial charge is 0.331 e. The van der Waals surface area contributed by atoms with Gasteiger partial charge in [0, 0.05) is 12.2 Å². The average Bonchev–Trinajstić information content (AvgIpc) is 1.88. The van der Waals surface area contributed by atoms with E-state index in [0.717, 1.165) is 12.2 Å². The summed E-state index contributed by atoms with van der Waals surface area (Å²) < 4.78 is 1.96. The zero-order valence-electron chi connectivity index (χ0n) is 6.39. The van der Waals surface area contributed by atoms with Crippen molar-refractivity contribution in [3.8, 4) is 0 Å². The topological polar surface area (TPSA) is 28.8 Å². The molecule has 1 heterocycles. The van der Waals surface area contributed by atoms with E-state index in [2.05, 4.69) is 0 Å². The molecule has 2 nitrogen and oxygen atoms in total. The van der Waals surface area contributed by atoms with Crippen LogP contribution in [-0.2, 0) is 6.54 Å². The lowest BCUT2D eigenvalue weighted by atomic mass is 10.3. The van der Waals surface area contributed by atoms with Crippen molar-refractivity contribution in [1.29, 1.82) is 5.41 Å². The highest BCUT2D eigenvalue weighted by Crippen LogP contribution is 1.91. The summed E-state index contributed by atoms with van der Waals surface area (Å²) in [6, 6.07) is 5.72. The molecule has 1 aromatic rings. The third kappa shape index (κ3) is 1.10. The number of hydrogen-bond donors (Lipinski definition) is 1. The Morgan fingerprint density at radius 2 is 2.20 bits per heavy atom. The SMILES string of the molecule is CCn1c(C)cccc1=N. The van der Waals surface area contributed by atoms with E-state index in [-0.39, 0.29) is 0 Å². The fraction of sp³-hybridized carbons (Fsp3) is 0.375. The number of aromatic nitrogens is 1. The molecule has 1 N–H and O–H groups in total. The number of aryl methyl sites for hydroxylation is 1. The lowest BCUT2D eigenvalue weighted by molar-refractivity contribution is 0.678. The number of rotatable bonds is 1. The van der Waals surface area contributed by atoms with Gasteiger partial charge in [0.05, 0.1) is 0 Å². The monoisotopic (exact) mass is 136 g/mol. The Balaban J connectivity index is 3.31. The van der Waals surface area contributed by atoms with E-state index >= 15 is 0 Å². The van der Waals surface area contributed by atoms with Crippen LogP contribution in [0.3, 0.4) is 0 Å². The first-order valence-corrected chi connectivity index (χ1v) is 3.46. The van der Waals surface area contributed by atoms with Crippen molar-refractivity contribution in [2.45, 2.75) is 20.4 Å². The summed E-state index contributed by atoms with van der Waals surface area (Å²) in [6.45, 7) is 4.94. The van der Waals surface area contributed by atoms with Gasteiger partial charge in [-0.3, -0.25) is 5.41 Å². The summed E-state index contributed by atoms with van der Waals surface area (Å²) in [5, 5.41) is 7.47. The van der Waals surface area contributed by atoms with Crippen LogP contribution in [0, 0.1) is 12.3 Å². The fourth-order valence-corrected chi connectivity index (χ4v) is 1.07. The Bertz CT molecular complexity index is 273. The molecular formula is C8H12N2. The molecule has 10 heavy (non-hydrogen) atoms. The van der Waals surface area contributed by atoms with Crippen LogP contribution in [0.5, 0.6) is 0 Å². The molecule has 0 saturated carbocycles. The molecular weight excluding hydrogens is 124 g/mol. The molecule has 0 unspecified atom stereocenters. The van der Waals surface area contributed by atoms with Crippen molar-refractivity contribution in [2.24, 2.45) is 0 Å². The van der Waals surface area contributed by atoms with Crippen LogP contribution in [-0.4, -0.2) is 4.57 Å². The average molecular weight is 136 g/mol. The van der Waals surface area contributed by atoms with Crippen LogP contribution in [0.2, 0.25) is 0 Å². The van der Waals surface area contributed by atoms with Crippen molar-refractivity contribution in [1.82, 2.24) is 4.57 Å². The van der Waals surface area contributed by atoms with E-state index in [1.807, 2.05) is 30.5 Å². The quantitative estimate of drug-likeness (QED) is 0.603. The standard InChI is InChI=1S/C8H12N2/c1-3-10-7(2)5-4-6-8(10)9/h4-6,9H,3H2,1-2H3. The first-order chi connectivity index (χ1) is 4.75. The first kappa shape index (κ1) is 7.06. The van der Waals surface area contributed by atoms with Crippen molar-refractivity contribution < 1.29 is 0 Å². The molecule has 54 valence electrons. The maximum absolute atomic E-state index is 7.47. The fourth-order valence-electron chi connectivity index (χ4n) is 1.07. The number of pyridine rings is 1. The summed E-state index contributed by atoms with van der Waals surface area (Å²) in [7, 11) is 0. The highest BCUT2D eigenvalue weighted by molar-refractivity contribution is 5.02. The molecule has 0 radical (unpaired) electrons. The summed E-state index contributed by atoms with van der Waals surface area (Å²) in [5.74, 6) is 0. The molecule has 0 aliphatic rings. The van der Waals surface area contributed by atoms with Crippen LogP contribution in [0.4, 0.5) is 0 Å². The second-order valence-electron chi connectivity index (χ2n) is 2.30. The van der Waals surface area contributed by atoms with Crippen molar-refractivity contribution in [3.05, 3.63) is 29.4 Å². The predicted molar refractivity (Wildman–Crippen MR) is 40.7 cm³/mol. The maximum Gasteiger partial charge on any atom is 0.124 e. The zero-order chi connectivity index (χ0) is 7.56. The first-order valence-electron chi connectivity index (χ1n) is 3.46. The minimum absolute atomic E-state index is 0.586. The third-order valence-corrected chi connectivity index (χ3v) is 1.62. The van der Waals surface area contributed by atoms with Gasteiger partial charge in [-0.15, -0.1) is 0 Å². The van der Waals surface area contributed by atoms with Gasteiger partial charge in [-0.05, 0) is 26.0 Å². The Morgan fingerprint density at radius 1 is 1.50 bits per heavy atom. The van der Waals surface area contributed by atoms with E-state index in [0.29, 0.717) is 5.49 Å². The molecule has 1 aromatic heterocycles. The molecule has 0 aliphatic carbocycles. The normalized spacial score (nSPS) is 9.80. The molecule has 0 amide bonds. The third-order valence-electron chi connectivity index (χ3n) is 1.62.